The van der Waals surface area contributed by atoms with Crippen LogP contribution in [0.4, 0.5) is 0 Å². The predicted octanol–water partition coefficient (Wildman–Crippen LogP) is 10.3. The third-order valence-corrected chi connectivity index (χ3v) is 9.37. The summed E-state index contributed by atoms with van der Waals surface area (Å²) in [7, 11) is 0. The summed E-state index contributed by atoms with van der Waals surface area (Å²) >= 11 is 0. The topological polar surface area (TPSA) is 17.3 Å². The molecule has 0 aliphatic heterocycles. The number of imidazole rings is 1. The lowest BCUT2D eigenvalue weighted by Gasteiger charge is -2.31. The fraction of sp³-hybridized carbons (Fsp3) is 0.0750. The zero-order chi connectivity index (χ0) is 27.8. The summed E-state index contributed by atoms with van der Waals surface area (Å²) in [6.45, 7) is 2.37. The van der Waals surface area contributed by atoms with E-state index in [4.69, 9.17) is 4.98 Å². The van der Waals surface area contributed by atoms with Gasteiger partial charge in [-0.3, -0.25) is 4.40 Å². The maximum atomic E-state index is 5.53. The molecule has 2 heterocycles. The first-order chi connectivity index (χ1) is 20.8. The van der Waals surface area contributed by atoms with Crippen molar-refractivity contribution >= 4 is 54.6 Å². The first-order valence-electron chi connectivity index (χ1n) is 14.8. The zero-order valence-corrected chi connectivity index (χ0v) is 23.3. The van der Waals surface area contributed by atoms with E-state index in [2.05, 4.69) is 151 Å². The van der Waals surface area contributed by atoms with Gasteiger partial charge in [-0.1, -0.05) is 128 Å². The Morgan fingerprint density at radius 3 is 2.26 bits per heavy atom. The lowest BCUT2D eigenvalue weighted by Crippen LogP contribution is -2.17. The molecule has 2 nitrogen and oxygen atoms in total. The number of rotatable bonds is 2. The average Bonchev–Trinajstić information content (AvgIpc) is 3.43. The van der Waals surface area contributed by atoms with Crippen molar-refractivity contribution in [3.8, 4) is 11.1 Å². The van der Waals surface area contributed by atoms with Crippen molar-refractivity contribution in [2.45, 2.75) is 6.92 Å². The van der Waals surface area contributed by atoms with Crippen molar-refractivity contribution in [2.75, 3.05) is 0 Å². The molecule has 0 N–H and O–H groups in total. The van der Waals surface area contributed by atoms with E-state index in [9.17, 15) is 0 Å². The first kappa shape index (κ1) is 23.5. The van der Waals surface area contributed by atoms with Gasteiger partial charge in [0.25, 0.3) is 0 Å². The largest absolute Gasteiger partial charge is 0.298 e. The highest BCUT2D eigenvalue weighted by Gasteiger charge is 2.30. The summed E-state index contributed by atoms with van der Waals surface area (Å²) in [5.74, 6) is 0.688. The number of hydrogen-bond donors (Lipinski definition) is 0. The van der Waals surface area contributed by atoms with E-state index in [0.29, 0.717) is 11.8 Å². The molecule has 2 aliphatic rings. The van der Waals surface area contributed by atoms with Gasteiger partial charge in [-0.15, -0.1) is 0 Å². The van der Waals surface area contributed by atoms with E-state index in [1.165, 1.54) is 65.7 Å². The van der Waals surface area contributed by atoms with E-state index >= 15 is 0 Å². The molecule has 9 rings (SSSR count). The van der Waals surface area contributed by atoms with Crippen LogP contribution in [0, 0.1) is 11.8 Å². The Morgan fingerprint density at radius 2 is 1.40 bits per heavy atom. The van der Waals surface area contributed by atoms with Gasteiger partial charge in [0.2, 0.25) is 0 Å². The number of allylic oxidation sites excluding steroid dienone is 8. The number of fused-ring (bicyclic) bond motifs is 8. The van der Waals surface area contributed by atoms with Crippen LogP contribution in [0.15, 0.2) is 145 Å². The molecule has 0 radical (unpaired) electrons. The number of benzene rings is 5. The molecule has 0 spiro atoms. The minimum Gasteiger partial charge on any atom is -0.298 e. The summed E-state index contributed by atoms with van der Waals surface area (Å²) in [4.78, 5) is 5.53. The van der Waals surface area contributed by atoms with Crippen LogP contribution in [0.1, 0.15) is 12.5 Å². The van der Waals surface area contributed by atoms with Gasteiger partial charge in [-0.2, -0.15) is 0 Å². The molecule has 2 aliphatic carbocycles. The first-order valence-corrected chi connectivity index (χ1v) is 14.8. The van der Waals surface area contributed by atoms with Gasteiger partial charge in [0.1, 0.15) is 5.65 Å². The van der Waals surface area contributed by atoms with Gasteiger partial charge in [0.05, 0.1) is 11.0 Å². The summed E-state index contributed by atoms with van der Waals surface area (Å²) in [5, 5.41) is 7.38. The second kappa shape index (κ2) is 8.89. The van der Waals surface area contributed by atoms with E-state index < -0.39 is 0 Å². The number of nitrogens with zero attached hydrogens (tertiary/aromatic N) is 2. The predicted molar refractivity (Wildman–Crippen MR) is 178 cm³/mol. The highest BCUT2D eigenvalue weighted by Crippen LogP contribution is 2.47. The summed E-state index contributed by atoms with van der Waals surface area (Å²) in [6.07, 6.45) is 15.8. The Morgan fingerprint density at radius 1 is 0.667 bits per heavy atom. The van der Waals surface area contributed by atoms with E-state index in [1.54, 1.807) is 0 Å². The van der Waals surface area contributed by atoms with Gasteiger partial charge < -0.3 is 0 Å². The Balaban J connectivity index is 1.47. The van der Waals surface area contributed by atoms with Crippen LogP contribution in [0.3, 0.4) is 0 Å². The molecule has 42 heavy (non-hydrogen) atoms. The van der Waals surface area contributed by atoms with Gasteiger partial charge in [-0.25, -0.2) is 4.98 Å². The second-order valence-electron chi connectivity index (χ2n) is 11.6. The van der Waals surface area contributed by atoms with Crippen molar-refractivity contribution in [3.05, 3.63) is 151 Å². The molecule has 5 aromatic carbocycles. The maximum absolute atomic E-state index is 5.53. The fourth-order valence-corrected chi connectivity index (χ4v) is 7.32. The Kier molecular flexibility index (Phi) is 4.97. The SMILES string of the molecule is CC1C(c2c3ccccc3c(-c3ccc4ccccc4c3)c3c2nc2c4ccccc4ccn23)=CC=C2C=CC=C[C@H]21. The van der Waals surface area contributed by atoms with Crippen molar-refractivity contribution in [3.63, 3.8) is 0 Å². The molecule has 0 amide bonds. The molecule has 0 bridgehead atoms. The average molecular weight is 537 g/mol. The standard InChI is InChI=1S/C40H28N2/c1-25-31-14-6-4-11-27(31)20-21-32(25)37-35-17-9-8-16-34(35)36(30-19-18-26-10-2-3-13-29(26)24-30)39-38(37)41-40-33-15-7-5-12-28(33)22-23-42(39)40/h2-25,31H,1H3/t25?,31-/m0/s1. The minimum absolute atomic E-state index is 0.325. The minimum atomic E-state index is 0.325. The smallest absolute Gasteiger partial charge is 0.145 e. The molecule has 2 atom stereocenters. The number of hydrogen-bond acceptors (Lipinski definition) is 1. The van der Waals surface area contributed by atoms with Gasteiger partial charge in [0, 0.05) is 28.6 Å². The van der Waals surface area contributed by atoms with Gasteiger partial charge >= 0.3 is 0 Å². The van der Waals surface area contributed by atoms with Gasteiger partial charge in [0.15, 0.2) is 0 Å². The highest BCUT2D eigenvalue weighted by molar-refractivity contribution is 6.19. The molecular formula is C40H28N2. The van der Waals surface area contributed by atoms with Crippen LogP contribution in [-0.2, 0) is 0 Å². The van der Waals surface area contributed by atoms with Crippen LogP contribution < -0.4 is 0 Å². The van der Waals surface area contributed by atoms with Crippen LogP contribution in [0.25, 0.3) is 65.7 Å². The number of pyridine rings is 1. The molecule has 0 saturated carbocycles. The Labute approximate surface area is 244 Å². The van der Waals surface area contributed by atoms with E-state index in [0.717, 1.165) is 11.2 Å². The lowest BCUT2D eigenvalue weighted by molar-refractivity contribution is 0.600. The Hall–Kier alpha value is -5.21. The molecule has 2 heteroatoms. The van der Waals surface area contributed by atoms with E-state index in [-0.39, 0.29) is 0 Å². The molecule has 2 aromatic heterocycles. The molecular weight excluding hydrogens is 508 g/mol. The lowest BCUT2D eigenvalue weighted by atomic mass is 9.73. The molecule has 198 valence electrons. The van der Waals surface area contributed by atoms with Crippen LogP contribution in [0.5, 0.6) is 0 Å². The van der Waals surface area contributed by atoms with Gasteiger partial charge in [-0.05, 0) is 61.7 Å². The summed E-state index contributed by atoms with van der Waals surface area (Å²) < 4.78 is 2.33. The third-order valence-electron chi connectivity index (χ3n) is 9.37. The van der Waals surface area contributed by atoms with Crippen LogP contribution in [-0.4, -0.2) is 9.38 Å². The van der Waals surface area contributed by atoms with Crippen LogP contribution >= 0.6 is 0 Å². The van der Waals surface area contributed by atoms with Crippen molar-refractivity contribution in [1.82, 2.24) is 9.38 Å². The zero-order valence-electron chi connectivity index (χ0n) is 23.3. The second-order valence-corrected chi connectivity index (χ2v) is 11.6. The molecule has 1 unspecified atom stereocenters. The van der Waals surface area contributed by atoms with Crippen LogP contribution in [0.2, 0.25) is 0 Å². The molecule has 7 aromatic rings. The summed E-state index contributed by atoms with van der Waals surface area (Å²) in [5.41, 5.74) is 9.67. The molecule has 0 saturated heterocycles. The quantitative estimate of drug-likeness (QED) is 0.215. The van der Waals surface area contributed by atoms with Crippen molar-refractivity contribution in [2.24, 2.45) is 11.8 Å². The molecule has 0 fully saturated rings. The number of aromatic nitrogens is 2. The third kappa shape index (κ3) is 3.30. The van der Waals surface area contributed by atoms with E-state index in [1.807, 2.05) is 0 Å². The van der Waals surface area contributed by atoms with Crippen molar-refractivity contribution < 1.29 is 0 Å². The normalized spacial score (nSPS) is 18.2. The maximum Gasteiger partial charge on any atom is 0.145 e. The summed E-state index contributed by atoms with van der Waals surface area (Å²) in [6, 6.07) is 35.2. The Bertz CT molecular complexity index is 2380. The monoisotopic (exact) mass is 536 g/mol. The van der Waals surface area contributed by atoms with Crippen molar-refractivity contribution in [1.29, 1.82) is 0 Å². The highest BCUT2D eigenvalue weighted by atomic mass is 15.0. The fourth-order valence-electron chi connectivity index (χ4n) is 7.32.